The molecule has 2 rings (SSSR count). The maximum absolute atomic E-state index is 13.3. The number of piperidine rings is 1. The van der Waals surface area contributed by atoms with Gasteiger partial charge in [-0.15, -0.1) is 0 Å². The number of halogens is 1. The number of benzene rings is 1. The fourth-order valence-corrected chi connectivity index (χ4v) is 2.61. The van der Waals surface area contributed by atoms with Gasteiger partial charge in [0, 0.05) is 6.54 Å². The van der Waals surface area contributed by atoms with E-state index in [9.17, 15) is 4.39 Å². The zero-order valence-electron chi connectivity index (χ0n) is 11.9. The minimum atomic E-state index is -0.237. The zero-order chi connectivity index (χ0) is 13.8. The number of nitrogen functional groups attached to an aromatic ring is 1. The van der Waals surface area contributed by atoms with Crippen LogP contribution in [0.2, 0.25) is 0 Å². The SMILES string of the molecule is CCN1CCC(CNc2cc(C)c(F)cc2N)CC1. The molecule has 106 valence electrons. The number of hydrogen-bond acceptors (Lipinski definition) is 3. The second-order valence-electron chi connectivity index (χ2n) is 5.45. The molecule has 1 aliphatic rings. The van der Waals surface area contributed by atoms with Crippen LogP contribution < -0.4 is 11.1 Å². The Morgan fingerprint density at radius 3 is 2.68 bits per heavy atom. The molecule has 4 heteroatoms. The molecule has 1 aliphatic heterocycles. The van der Waals surface area contributed by atoms with E-state index >= 15 is 0 Å². The van der Waals surface area contributed by atoms with Crippen LogP contribution >= 0.6 is 0 Å². The van der Waals surface area contributed by atoms with E-state index in [0.29, 0.717) is 17.2 Å². The van der Waals surface area contributed by atoms with E-state index in [1.54, 1.807) is 13.0 Å². The van der Waals surface area contributed by atoms with Crippen LogP contribution in [0, 0.1) is 18.7 Å². The summed E-state index contributed by atoms with van der Waals surface area (Å²) in [6.07, 6.45) is 2.45. The van der Waals surface area contributed by atoms with E-state index in [4.69, 9.17) is 5.73 Å². The molecule has 1 aromatic rings. The highest BCUT2D eigenvalue weighted by atomic mass is 19.1. The van der Waals surface area contributed by atoms with Crippen LogP contribution in [0.1, 0.15) is 25.3 Å². The van der Waals surface area contributed by atoms with Gasteiger partial charge in [-0.1, -0.05) is 6.92 Å². The normalized spacial score (nSPS) is 17.6. The Morgan fingerprint density at radius 2 is 2.05 bits per heavy atom. The smallest absolute Gasteiger partial charge is 0.128 e. The van der Waals surface area contributed by atoms with Gasteiger partial charge in [0.2, 0.25) is 0 Å². The maximum atomic E-state index is 13.3. The third-order valence-corrected chi connectivity index (χ3v) is 4.07. The lowest BCUT2D eigenvalue weighted by molar-refractivity contribution is 0.198. The van der Waals surface area contributed by atoms with Crippen molar-refractivity contribution in [2.24, 2.45) is 5.92 Å². The van der Waals surface area contributed by atoms with Crippen LogP contribution in [0.5, 0.6) is 0 Å². The van der Waals surface area contributed by atoms with Gasteiger partial charge in [-0.25, -0.2) is 4.39 Å². The van der Waals surface area contributed by atoms with Crippen molar-refractivity contribution in [1.29, 1.82) is 0 Å². The lowest BCUT2D eigenvalue weighted by Gasteiger charge is -2.31. The average Bonchev–Trinajstić information content (AvgIpc) is 2.42. The van der Waals surface area contributed by atoms with Gasteiger partial charge in [0.05, 0.1) is 11.4 Å². The lowest BCUT2D eigenvalue weighted by atomic mass is 9.96. The zero-order valence-corrected chi connectivity index (χ0v) is 11.9. The van der Waals surface area contributed by atoms with Gasteiger partial charge in [-0.3, -0.25) is 0 Å². The number of nitrogens with one attached hydrogen (secondary N) is 1. The van der Waals surface area contributed by atoms with Gasteiger partial charge >= 0.3 is 0 Å². The molecule has 0 radical (unpaired) electrons. The van der Waals surface area contributed by atoms with Crippen molar-refractivity contribution in [3.05, 3.63) is 23.5 Å². The molecule has 3 nitrogen and oxygen atoms in total. The third kappa shape index (κ3) is 3.60. The van der Waals surface area contributed by atoms with Crippen LogP contribution in [-0.4, -0.2) is 31.1 Å². The second-order valence-corrected chi connectivity index (χ2v) is 5.45. The predicted octanol–water partition coefficient (Wildman–Crippen LogP) is 2.86. The molecule has 0 bridgehead atoms. The first-order chi connectivity index (χ1) is 9.10. The topological polar surface area (TPSA) is 41.3 Å². The van der Waals surface area contributed by atoms with E-state index in [-0.39, 0.29) is 5.82 Å². The molecule has 0 atom stereocenters. The molecule has 3 N–H and O–H groups in total. The minimum Gasteiger partial charge on any atom is -0.397 e. The quantitative estimate of drug-likeness (QED) is 0.823. The molecule has 0 spiro atoms. The first kappa shape index (κ1) is 14.1. The van der Waals surface area contributed by atoms with Crippen LogP contribution in [0.3, 0.4) is 0 Å². The van der Waals surface area contributed by atoms with Crippen molar-refractivity contribution in [2.75, 3.05) is 37.2 Å². The van der Waals surface area contributed by atoms with Gasteiger partial charge in [-0.2, -0.15) is 0 Å². The Bertz CT molecular complexity index is 426. The van der Waals surface area contributed by atoms with Crippen LogP contribution in [0.4, 0.5) is 15.8 Å². The molecule has 1 heterocycles. The van der Waals surface area contributed by atoms with Gasteiger partial charge < -0.3 is 16.0 Å². The summed E-state index contributed by atoms with van der Waals surface area (Å²) in [6.45, 7) is 8.40. The van der Waals surface area contributed by atoms with Crippen molar-refractivity contribution in [2.45, 2.75) is 26.7 Å². The molecule has 1 fully saturated rings. The predicted molar refractivity (Wildman–Crippen MR) is 78.9 cm³/mol. The van der Waals surface area contributed by atoms with Crippen LogP contribution in [0.15, 0.2) is 12.1 Å². The van der Waals surface area contributed by atoms with Crippen molar-refractivity contribution < 1.29 is 4.39 Å². The monoisotopic (exact) mass is 265 g/mol. The Hall–Kier alpha value is -1.29. The summed E-state index contributed by atoms with van der Waals surface area (Å²) >= 11 is 0. The molecule has 0 aromatic heterocycles. The average molecular weight is 265 g/mol. The Balaban J connectivity index is 1.88. The summed E-state index contributed by atoms with van der Waals surface area (Å²) < 4.78 is 13.3. The standard InChI is InChI=1S/C15H24FN3/c1-3-19-6-4-12(5-7-19)10-18-15-8-11(2)13(16)9-14(15)17/h8-9,12,18H,3-7,10,17H2,1-2H3. The van der Waals surface area contributed by atoms with Crippen molar-refractivity contribution in [3.8, 4) is 0 Å². The van der Waals surface area contributed by atoms with Gasteiger partial charge in [0.15, 0.2) is 0 Å². The summed E-state index contributed by atoms with van der Waals surface area (Å²) in [5.41, 5.74) is 7.83. The van der Waals surface area contributed by atoms with Gasteiger partial charge in [0.25, 0.3) is 0 Å². The molecule has 1 aromatic carbocycles. The molecule has 0 aliphatic carbocycles. The number of likely N-dealkylation sites (tertiary alicyclic amines) is 1. The number of anilines is 2. The van der Waals surface area contributed by atoms with Gasteiger partial charge in [0.1, 0.15) is 5.82 Å². The number of rotatable bonds is 4. The van der Waals surface area contributed by atoms with E-state index < -0.39 is 0 Å². The first-order valence-corrected chi connectivity index (χ1v) is 7.12. The Labute approximate surface area is 115 Å². The number of aryl methyl sites for hydroxylation is 1. The highest BCUT2D eigenvalue weighted by molar-refractivity contribution is 5.67. The third-order valence-electron chi connectivity index (χ3n) is 4.07. The molecule has 1 saturated heterocycles. The summed E-state index contributed by atoms with van der Waals surface area (Å²) in [6, 6.07) is 3.20. The number of hydrogen-bond donors (Lipinski definition) is 2. The molecular formula is C15H24FN3. The number of nitrogens with zero attached hydrogens (tertiary/aromatic N) is 1. The lowest BCUT2D eigenvalue weighted by Crippen LogP contribution is -2.35. The second kappa shape index (κ2) is 6.24. The van der Waals surface area contributed by atoms with E-state index in [1.165, 1.54) is 32.0 Å². The molecule has 0 amide bonds. The maximum Gasteiger partial charge on any atom is 0.128 e. The number of nitrogens with two attached hydrogens (primary N) is 1. The summed E-state index contributed by atoms with van der Waals surface area (Å²) in [5.74, 6) is 0.451. The fourth-order valence-electron chi connectivity index (χ4n) is 2.61. The van der Waals surface area contributed by atoms with E-state index in [1.807, 2.05) is 0 Å². The Morgan fingerprint density at radius 1 is 1.37 bits per heavy atom. The van der Waals surface area contributed by atoms with Gasteiger partial charge in [-0.05, 0) is 63.0 Å². The molecule has 0 unspecified atom stereocenters. The summed E-state index contributed by atoms with van der Waals surface area (Å²) in [4.78, 5) is 2.48. The van der Waals surface area contributed by atoms with Crippen molar-refractivity contribution >= 4 is 11.4 Å². The van der Waals surface area contributed by atoms with Crippen LogP contribution in [-0.2, 0) is 0 Å². The van der Waals surface area contributed by atoms with E-state index in [0.717, 1.165) is 18.8 Å². The minimum absolute atomic E-state index is 0.237. The molecular weight excluding hydrogens is 241 g/mol. The fraction of sp³-hybridized carbons (Fsp3) is 0.600. The highest BCUT2D eigenvalue weighted by Gasteiger charge is 2.18. The largest absolute Gasteiger partial charge is 0.397 e. The summed E-state index contributed by atoms with van der Waals surface area (Å²) in [5, 5.41) is 3.37. The van der Waals surface area contributed by atoms with Crippen molar-refractivity contribution in [1.82, 2.24) is 4.90 Å². The molecule has 19 heavy (non-hydrogen) atoms. The van der Waals surface area contributed by atoms with E-state index in [2.05, 4.69) is 17.1 Å². The van der Waals surface area contributed by atoms with Crippen LogP contribution in [0.25, 0.3) is 0 Å². The summed E-state index contributed by atoms with van der Waals surface area (Å²) in [7, 11) is 0. The van der Waals surface area contributed by atoms with Crippen molar-refractivity contribution in [3.63, 3.8) is 0 Å². The molecule has 0 saturated carbocycles. The Kier molecular flexibility index (Phi) is 4.64. The highest BCUT2D eigenvalue weighted by Crippen LogP contribution is 2.24. The first-order valence-electron chi connectivity index (χ1n) is 7.12.